The molecule has 0 saturated heterocycles. The second-order valence-corrected chi connectivity index (χ2v) is 11.5. The molecule has 1 aliphatic rings. The van der Waals surface area contributed by atoms with E-state index >= 15 is 0 Å². The minimum absolute atomic E-state index is 0.135. The van der Waals surface area contributed by atoms with Gasteiger partial charge in [0.1, 0.15) is 0 Å². The van der Waals surface area contributed by atoms with Crippen LogP contribution in [0.15, 0.2) is 41.3 Å². The molecule has 3 rings (SSSR count). The van der Waals surface area contributed by atoms with Crippen LogP contribution >= 0.6 is 0 Å². The Morgan fingerprint density at radius 3 is 2.15 bits per heavy atom. The van der Waals surface area contributed by atoms with Gasteiger partial charge in [-0.3, -0.25) is 14.4 Å². The quantitative estimate of drug-likeness (QED) is 0.263. The van der Waals surface area contributed by atoms with E-state index < -0.39 is 58.1 Å². The molecule has 2 atom stereocenters. The summed E-state index contributed by atoms with van der Waals surface area (Å²) in [5, 5.41) is 13.1. The molecule has 10 nitrogen and oxygen atoms in total. The lowest BCUT2D eigenvalue weighted by Crippen LogP contribution is -2.54. The maximum atomic E-state index is 13.4. The van der Waals surface area contributed by atoms with E-state index in [-0.39, 0.29) is 21.7 Å². The molecule has 0 aromatic heterocycles. The van der Waals surface area contributed by atoms with E-state index in [9.17, 15) is 36.0 Å². The molecule has 1 fully saturated rings. The van der Waals surface area contributed by atoms with Crippen LogP contribution in [0.3, 0.4) is 0 Å². The number of unbranched alkanes of at least 4 members (excludes halogenated alkanes) is 1. The largest absolute Gasteiger partial charge is 0.416 e. The van der Waals surface area contributed by atoms with Crippen LogP contribution < -0.4 is 26.8 Å². The fraction of sp³-hybridized carbons (Fsp3) is 0.444. The molecular formula is C27H34F3N5O5S. The maximum absolute atomic E-state index is 13.4. The normalized spacial score (nSPS) is 17.5. The predicted molar refractivity (Wildman–Crippen MR) is 146 cm³/mol. The molecule has 224 valence electrons. The number of benzene rings is 2. The number of alkyl halides is 3. The summed E-state index contributed by atoms with van der Waals surface area (Å²) in [4.78, 5) is 38.2. The number of nitrogens with two attached hydrogens (primary N) is 2. The second-order valence-electron chi connectivity index (χ2n) is 9.98. The van der Waals surface area contributed by atoms with Gasteiger partial charge in [-0.1, -0.05) is 26.2 Å². The Balaban J connectivity index is 1.65. The van der Waals surface area contributed by atoms with Gasteiger partial charge >= 0.3 is 6.18 Å². The third-order valence-electron chi connectivity index (χ3n) is 6.92. The van der Waals surface area contributed by atoms with E-state index in [0.717, 1.165) is 31.4 Å². The van der Waals surface area contributed by atoms with Gasteiger partial charge in [0.05, 0.1) is 17.0 Å². The number of amides is 3. The van der Waals surface area contributed by atoms with E-state index in [1.807, 2.05) is 6.92 Å². The van der Waals surface area contributed by atoms with Crippen LogP contribution in [0.4, 0.5) is 18.9 Å². The van der Waals surface area contributed by atoms with E-state index in [2.05, 4.69) is 16.0 Å². The summed E-state index contributed by atoms with van der Waals surface area (Å²) in [5.41, 5.74) is 4.96. The minimum Gasteiger partial charge on any atom is -0.398 e. The fourth-order valence-electron chi connectivity index (χ4n) is 4.73. The summed E-state index contributed by atoms with van der Waals surface area (Å²) >= 11 is 0. The summed E-state index contributed by atoms with van der Waals surface area (Å²) in [6, 6.07) is 5.77. The molecule has 0 aliphatic heterocycles. The van der Waals surface area contributed by atoms with Crippen LogP contribution in [0, 0.1) is 0 Å². The molecule has 7 N–H and O–H groups in total. The Morgan fingerprint density at radius 2 is 1.59 bits per heavy atom. The van der Waals surface area contributed by atoms with E-state index in [0.29, 0.717) is 31.2 Å². The smallest absolute Gasteiger partial charge is 0.398 e. The molecular weight excluding hydrogens is 563 g/mol. The zero-order chi connectivity index (χ0) is 30.4. The number of anilines is 1. The Labute approximate surface area is 236 Å². The number of sulfonamides is 1. The third kappa shape index (κ3) is 8.67. The van der Waals surface area contributed by atoms with E-state index in [1.54, 1.807) is 0 Å². The molecule has 0 radical (unpaired) electrons. The first-order valence-corrected chi connectivity index (χ1v) is 14.8. The second kappa shape index (κ2) is 13.3. The SMILES string of the molecule is CCCCc1c(N)cc(C(F)(F)F)cc1C(=O)NCC(=O)NC1CCCCC1NC(=O)c1ccc(S(N)(=O)=O)cc1. The fourth-order valence-corrected chi connectivity index (χ4v) is 5.25. The van der Waals surface area contributed by atoms with Crippen LogP contribution in [0.1, 0.15) is 77.3 Å². The van der Waals surface area contributed by atoms with Crippen molar-refractivity contribution in [2.24, 2.45) is 5.14 Å². The summed E-state index contributed by atoms with van der Waals surface area (Å²) in [7, 11) is -3.91. The summed E-state index contributed by atoms with van der Waals surface area (Å²) in [6.07, 6.45) is -0.320. The Morgan fingerprint density at radius 1 is 0.976 bits per heavy atom. The summed E-state index contributed by atoms with van der Waals surface area (Å²) < 4.78 is 63.0. The van der Waals surface area contributed by atoms with Crippen LogP contribution in [-0.2, 0) is 27.4 Å². The minimum atomic E-state index is -4.70. The van der Waals surface area contributed by atoms with Crippen molar-refractivity contribution >= 4 is 33.4 Å². The average Bonchev–Trinajstić information content (AvgIpc) is 2.90. The average molecular weight is 598 g/mol. The monoisotopic (exact) mass is 597 g/mol. The standard InChI is InChI=1S/C27H34F3N5O5S/c1-2-3-6-19-20(13-17(14-21(19)31)27(28,29)30)26(38)33-15-24(36)34-22-7-4-5-8-23(22)35-25(37)16-9-11-18(12-10-16)41(32,39)40/h9-14,22-23H,2-8,15,31H2,1H3,(H,33,38)(H,34,36)(H,35,37)(H2,32,39,40). The molecule has 1 saturated carbocycles. The van der Waals surface area contributed by atoms with E-state index in [4.69, 9.17) is 10.9 Å². The number of carbonyl (C=O) groups excluding carboxylic acids is 3. The first-order chi connectivity index (χ1) is 19.2. The zero-order valence-corrected chi connectivity index (χ0v) is 23.3. The van der Waals surface area contributed by atoms with Crippen molar-refractivity contribution in [1.29, 1.82) is 0 Å². The molecule has 2 aromatic rings. The lowest BCUT2D eigenvalue weighted by atomic mass is 9.90. The number of primary sulfonamides is 1. The maximum Gasteiger partial charge on any atom is 0.416 e. The van der Waals surface area contributed by atoms with Crippen LogP contribution in [-0.4, -0.2) is 44.8 Å². The van der Waals surface area contributed by atoms with Gasteiger partial charge in [0.2, 0.25) is 15.9 Å². The Hall–Kier alpha value is -3.65. The predicted octanol–water partition coefficient (Wildman–Crippen LogP) is 2.86. The van der Waals surface area contributed by atoms with Gasteiger partial charge in [-0.05, 0) is 67.6 Å². The molecule has 3 amide bonds. The number of rotatable bonds is 10. The van der Waals surface area contributed by atoms with Gasteiger partial charge in [-0.2, -0.15) is 13.2 Å². The Bertz CT molecular complexity index is 1380. The number of hydrogen-bond donors (Lipinski definition) is 5. The van der Waals surface area contributed by atoms with Gasteiger partial charge in [0, 0.05) is 28.9 Å². The molecule has 2 aromatic carbocycles. The third-order valence-corrected chi connectivity index (χ3v) is 7.85. The highest BCUT2D eigenvalue weighted by atomic mass is 32.2. The highest BCUT2D eigenvalue weighted by molar-refractivity contribution is 7.89. The van der Waals surface area contributed by atoms with E-state index in [1.165, 1.54) is 24.3 Å². The highest BCUT2D eigenvalue weighted by Crippen LogP contribution is 2.34. The lowest BCUT2D eigenvalue weighted by molar-refractivity contribution is -0.137. The van der Waals surface area contributed by atoms with Gasteiger partial charge in [-0.15, -0.1) is 0 Å². The molecule has 1 aliphatic carbocycles. The van der Waals surface area contributed by atoms with Gasteiger partial charge in [0.15, 0.2) is 0 Å². The van der Waals surface area contributed by atoms with Crippen LogP contribution in [0.2, 0.25) is 0 Å². The van der Waals surface area contributed by atoms with Gasteiger partial charge in [-0.25, -0.2) is 13.6 Å². The molecule has 0 spiro atoms. The van der Waals surface area contributed by atoms with Crippen molar-refractivity contribution in [3.63, 3.8) is 0 Å². The van der Waals surface area contributed by atoms with Crippen LogP contribution in [0.25, 0.3) is 0 Å². The molecule has 14 heteroatoms. The number of nitrogen functional groups attached to an aromatic ring is 1. The first kappa shape index (κ1) is 31.9. The molecule has 41 heavy (non-hydrogen) atoms. The summed E-state index contributed by atoms with van der Waals surface area (Å²) in [6.45, 7) is 1.41. The molecule has 2 unspecified atom stereocenters. The zero-order valence-electron chi connectivity index (χ0n) is 22.5. The highest BCUT2D eigenvalue weighted by Gasteiger charge is 2.33. The summed E-state index contributed by atoms with van der Waals surface area (Å²) in [5.74, 6) is -1.88. The number of halogens is 3. The topological polar surface area (TPSA) is 173 Å². The molecule has 0 heterocycles. The number of carbonyl (C=O) groups is 3. The molecule has 0 bridgehead atoms. The van der Waals surface area contributed by atoms with Crippen molar-refractivity contribution in [2.45, 2.75) is 75.0 Å². The first-order valence-electron chi connectivity index (χ1n) is 13.2. The van der Waals surface area contributed by atoms with Gasteiger partial charge < -0.3 is 21.7 Å². The van der Waals surface area contributed by atoms with Gasteiger partial charge in [0.25, 0.3) is 11.8 Å². The number of nitrogens with one attached hydrogen (secondary N) is 3. The van der Waals surface area contributed by atoms with Crippen molar-refractivity contribution in [3.8, 4) is 0 Å². The van der Waals surface area contributed by atoms with Crippen molar-refractivity contribution < 1.29 is 36.0 Å². The Kier molecular flexibility index (Phi) is 10.4. The lowest BCUT2D eigenvalue weighted by Gasteiger charge is -2.33. The van der Waals surface area contributed by atoms with Crippen molar-refractivity contribution in [2.75, 3.05) is 12.3 Å². The van der Waals surface area contributed by atoms with Crippen LogP contribution in [0.5, 0.6) is 0 Å². The van der Waals surface area contributed by atoms with Crippen molar-refractivity contribution in [3.05, 3.63) is 58.7 Å². The van der Waals surface area contributed by atoms with Crippen molar-refractivity contribution in [1.82, 2.24) is 16.0 Å². The number of hydrogen-bond acceptors (Lipinski definition) is 6.